The molecule has 0 aromatic carbocycles. The van der Waals surface area contributed by atoms with Crippen molar-refractivity contribution in [3.8, 4) is 0 Å². The van der Waals surface area contributed by atoms with Crippen LogP contribution >= 0.6 is 0 Å². The van der Waals surface area contributed by atoms with Gasteiger partial charge in [-0.05, 0) is 24.5 Å². The molecule has 0 spiro atoms. The topological polar surface area (TPSA) is 49.6 Å². The number of anilines is 1. The molecule has 0 saturated heterocycles. The van der Waals surface area contributed by atoms with Crippen LogP contribution in [0.4, 0.5) is 5.82 Å². The highest BCUT2D eigenvalue weighted by Gasteiger charge is 2.11. The summed E-state index contributed by atoms with van der Waals surface area (Å²) in [5, 5.41) is 12.7. The van der Waals surface area contributed by atoms with Gasteiger partial charge in [-0.15, -0.1) is 0 Å². The van der Waals surface area contributed by atoms with Gasteiger partial charge in [-0.1, -0.05) is 19.9 Å². The van der Waals surface area contributed by atoms with E-state index in [1.807, 2.05) is 28.8 Å². The summed E-state index contributed by atoms with van der Waals surface area (Å²) in [4.78, 5) is 4.23. The lowest BCUT2D eigenvalue weighted by Crippen LogP contribution is -2.26. The van der Waals surface area contributed by atoms with Crippen molar-refractivity contribution in [2.24, 2.45) is 5.92 Å². The third-order valence-corrected chi connectivity index (χ3v) is 2.76. The maximum absolute atomic E-state index is 9.37. The molecule has 17 heavy (non-hydrogen) atoms. The van der Waals surface area contributed by atoms with Crippen LogP contribution in [0.25, 0.3) is 5.65 Å². The fourth-order valence-electron chi connectivity index (χ4n) is 2.02. The highest BCUT2D eigenvalue weighted by Crippen LogP contribution is 2.14. The van der Waals surface area contributed by atoms with E-state index in [0.29, 0.717) is 5.92 Å². The monoisotopic (exact) mass is 233 g/mol. The zero-order valence-electron chi connectivity index (χ0n) is 10.3. The van der Waals surface area contributed by atoms with E-state index >= 15 is 0 Å². The summed E-state index contributed by atoms with van der Waals surface area (Å²) < 4.78 is 1.99. The third-order valence-electron chi connectivity index (χ3n) is 2.76. The first kappa shape index (κ1) is 11.9. The maximum atomic E-state index is 9.37. The summed E-state index contributed by atoms with van der Waals surface area (Å²) in [6, 6.07) is 6.01. The zero-order chi connectivity index (χ0) is 12.3. The Hall–Kier alpha value is -1.55. The molecular weight excluding hydrogens is 214 g/mol. The predicted molar refractivity (Wildman–Crippen MR) is 69.1 cm³/mol. The van der Waals surface area contributed by atoms with Crippen molar-refractivity contribution in [1.82, 2.24) is 9.38 Å². The number of imidazole rings is 1. The Balaban J connectivity index is 2.19. The Labute approximate surface area is 101 Å². The van der Waals surface area contributed by atoms with Crippen LogP contribution in [-0.2, 0) is 0 Å². The van der Waals surface area contributed by atoms with Crippen molar-refractivity contribution < 1.29 is 5.11 Å². The predicted octanol–water partition coefficient (Wildman–Crippen LogP) is 2.15. The Morgan fingerprint density at radius 2 is 2.24 bits per heavy atom. The van der Waals surface area contributed by atoms with E-state index in [1.165, 1.54) is 0 Å². The number of fused-ring (bicyclic) bond motifs is 1. The lowest BCUT2D eigenvalue weighted by Gasteiger charge is -2.20. The van der Waals surface area contributed by atoms with E-state index in [4.69, 9.17) is 0 Å². The highest BCUT2D eigenvalue weighted by molar-refractivity contribution is 5.50. The summed E-state index contributed by atoms with van der Waals surface area (Å²) in [6.45, 7) is 4.45. The minimum absolute atomic E-state index is 0.0861. The van der Waals surface area contributed by atoms with Crippen LogP contribution in [0.2, 0.25) is 0 Å². The number of rotatable bonds is 5. The fourth-order valence-corrected chi connectivity index (χ4v) is 2.02. The molecule has 92 valence electrons. The summed E-state index contributed by atoms with van der Waals surface area (Å²) in [5.41, 5.74) is 0.913. The first-order chi connectivity index (χ1) is 8.20. The van der Waals surface area contributed by atoms with Crippen LogP contribution in [0, 0.1) is 5.92 Å². The largest absolute Gasteiger partial charge is 0.394 e. The van der Waals surface area contributed by atoms with E-state index in [0.717, 1.165) is 17.9 Å². The second kappa shape index (κ2) is 5.19. The van der Waals surface area contributed by atoms with Crippen molar-refractivity contribution in [2.45, 2.75) is 26.3 Å². The van der Waals surface area contributed by atoms with Crippen LogP contribution in [0.15, 0.2) is 30.6 Å². The fraction of sp³-hybridized carbons (Fsp3) is 0.462. The quantitative estimate of drug-likeness (QED) is 0.832. The second-order valence-corrected chi connectivity index (χ2v) is 4.72. The molecule has 4 heteroatoms. The molecule has 0 aliphatic heterocycles. The van der Waals surface area contributed by atoms with Crippen molar-refractivity contribution in [3.63, 3.8) is 0 Å². The first-order valence-corrected chi connectivity index (χ1v) is 6.00. The molecule has 2 heterocycles. The first-order valence-electron chi connectivity index (χ1n) is 6.00. The van der Waals surface area contributed by atoms with Gasteiger partial charge in [-0.3, -0.25) is 4.40 Å². The molecule has 2 N–H and O–H groups in total. The molecule has 0 amide bonds. The smallest absolute Gasteiger partial charge is 0.138 e. The van der Waals surface area contributed by atoms with E-state index in [2.05, 4.69) is 24.1 Å². The number of aliphatic hydroxyl groups excluding tert-OH is 1. The van der Waals surface area contributed by atoms with Crippen LogP contribution in [0.3, 0.4) is 0 Å². The number of pyridine rings is 1. The lowest BCUT2D eigenvalue weighted by molar-refractivity contribution is 0.259. The van der Waals surface area contributed by atoms with Gasteiger partial charge < -0.3 is 10.4 Å². The van der Waals surface area contributed by atoms with Crippen LogP contribution in [0.1, 0.15) is 20.3 Å². The summed E-state index contributed by atoms with van der Waals surface area (Å²) >= 11 is 0. The normalized spacial score (nSPS) is 13.2. The molecule has 0 saturated carbocycles. The number of aliphatic hydroxyl groups is 1. The number of hydrogen-bond acceptors (Lipinski definition) is 3. The Morgan fingerprint density at radius 1 is 1.41 bits per heavy atom. The molecule has 0 bridgehead atoms. The molecule has 4 nitrogen and oxygen atoms in total. The van der Waals surface area contributed by atoms with Crippen molar-refractivity contribution >= 4 is 11.5 Å². The van der Waals surface area contributed by atoms with Crippen molar-refractivity contribution in [1.29, 1.82) is 0 Å². The van der Waals surface area contributed by atoms with Crippen LogP contribution in [-0.4, -0.2) is 27.1 Å². The molecule has 0 fully saturated rings. The Bertz CT molecular complexity index is 478. The average molecular weight is 233 g/mol. The van der Waals surface area contributed by atoms with Crippen molar-refractivity contribution in [2.75, 3.05) is 11.9 Å². The molecule has 1 atom stereocenters. The van der Waals surface area contributed by atoms with Gasteiger partial charge in [-0.25, -0.2) is 4.98 Å². The van der Waals surface area contributed by atoms with Gasteiger partial charge in [0, 0.05) is 12.4 Å². The minimum Gasteiger partial charge on any atom is -0.394 e. The summed E-state index contributed by atoms with van der Waals surface area (Å²) in [6.07, 6.45) is 4.64. The number of hydrogen-bond donors (Lipinski definition) is 2. The maximum Gasteiger partial charge on any atom is 0.138 e. The Morgan fingerprint density at radius 3 is 2.94 bits per heavy atom. The number of nitrogens with zero attached hydrogens (tertiary/aromatic N) is 2. The van der Waals surface area contributed by atoms with E-state index in [1.54, 1.807) is 6.20 Å². The van der Waals surface area contributed by atoms with E-state index in [9.17, 15) is 5.11 Å². The van der Waals surface area contributed by atoms with E-state index in [-0.39, 0.29) is 12.6 Å². The number of nitrogens with one attached hydrogen (secondary N) is 1. The SMILES string of the molecule is CC(C)CC(CO)Nc1cccc2nccn12. The van der Waals surface area contributed by atoms with Gasteiger partial charge >= 0.3 is 0 Å². The summed E-state index contributed by atoms with van der Waals surface area (Å²) in [7, 11) is 0. The standard InChI is InChI=1S/C13H19N3O/c1-10(2)8-11(9-17)15-13-5-3-4-12-14-6-7-16(12)13/h3-7,10-11,15,17H,8-9H2,1-2H3. The second-order valence-electron chi connectivity index (χ2n) is 4.72. The van der Waals surface area contributed by atoms with Crippen molar-refractivity contribution in [3.05, 3.63) is 30.6 Å². The van der Waals surface area contributed by atoms with Gasteiger partial charge in [0.2, 0.25) is 0 Å². The minimum atomic E-state index is 0.0861. The highest BCUT2D eigenvalue weighted by atomic mass is 16.3. The van der Waals surface area contributed by atoms with Gasteiger partial charge in [0.05, 0.1) is 12.6 Å². The molecule has 2 aromatic rings. The average Bonchev–Trinajstić information content (AvgIpc) is 2.76. The number of aromatic nitrogens is 2. The van der Waals surface area contributed by atoms with E-state index < -0.39 is 0 Å². The molecule has 1 unspecified atom stereocenters. The zero-order valence-corrected chi connectivity index (χ0v) is 10.3. The van der Waals surface area contributed by atoms with Crippen LogP contribution < -0.4 is 5.32 Å². The van der Waals surface area contributed by atoms with Gasteiger partial charge in [0.15, 0.2) is 0 Å². The molecule has 2 aromatic heterocycles. The lowest BCUT2D eigenvalue weighted by atomic mass is 10.0. The van der Waals surface area contributed by atoms with Gasteiger partial charge in [0.1, 0.15) is 11.5 Å². The molecule has 0 aliphatic rings. The molecule has 2 rings (SSSR count). The third kappa shape index (κ3) is 2.77. The summed E-state index contributed by atoms with van der Waals surface area (Å²) in [5.74, 6) is 1.53. The Kier molecular flexibility index (Phi) is 3.64. The molecular formula is C13H19N3O. The molecule has 0 radical (unpaired) electrons. The van der Waals surface area contributed by atoms with Gasteiger partial charge in [-0.2, -0.15) is 0 Å². The van der Waals surface area contributed by atoms with Crippen LogP contribution in [0.5, 0.6) is 0 Å². The molecule has 0 aliphatic carbocycles. The van der Waals surface area contributed by atoms with Gasteiger partial charge in [0.25, 0.3) is 0 Å².